The summed E-state index contributed by atoms with van der Waals surface area (Å²) in [4.78, 5) is 23.0. The highest BCUT2D eigenvalue weighted by Crippen LogP contribution is 2.33. The fourth-order valence-electron chi connectivity index (χ4n) is 3.56. The summed E-state index contributed by atoms with van der Waals surface area (Å²) in [6, 6.07) is 19.8. The summed E-state index contributed by atoms with van der Waals surface area (Å²) >= 11 is 0. The Morgan fingerprint density at radius 2 is 1.75 bits per heavy atom. The Morgan fingerprint density at radius 3 is 2.57 bits per heavy atom. The van der Waals surface area contributed by atoms with E-state index in [0.29, 0.717) is 12.3 Å². The molecule has 0 saturated carbocycles. The number of pyridine rings is 1. The normalized spacial score (nSPS) is 12.8. The summed E-state index contributed by atoms with van der Waals surface area (Å²) in [6.45, 7) is 0.622. The van der Waals surface area contributed by atoms with Gasteiger partial charge < -0.3 is 9.32 Å². The number of nitrogens with zero attached hydrogens (tertiary/aromatic N) is 3. The first-order chi connectivity index (χ1) is 13.8. The maximum Gasteiger partial charge on any atom is 0.314 e. The van der Waals surface area contributed by atoms with Crippen LogP contribution in [0.3, 0.4) is 0 Å². The van der Waals surface area contributed by atoms with Crippen molar-refractivity contribution in [1.29, 1.82) is 0 Å². The maximum absolute atomic E-state index is 13.0. The Hall–Kier alpha value is -3.73. The monoisotopic (exact) mass is 367 g/mol. The van der Waals surface area contributed by atoms with Gasteiger partial charge in [-0.1, -0.05) is 36.4 Å². The minimum Gasteiger partial charge on any atom is -0.432 e. The predicted octanol–water partition coefficient (Wildman–Crippen LogP) is 4.61. The molecule has 2 aromatic carbocycles. The third-order valence-corrected chi connectivity index (χ3v) is 4.98. The quantitative estimate of drug-likeness (QED) is 0.531. The minimum atomic E-state index is -0.211. The average molecular weight is 367 g/mol. The van der Waals surface area contributed by atoms with E-state index in [1.54, 1.807) is 23.5 Å². The third-order valence-electron chi connectivity index (χ3n) is 4.98. The molecule has 1 amide bonds. The van der Waals surface area contributed by atoms with Gasteiger partial charge in [-0.25, -0.2) is 4.98 Å². The fourth-order valence-corrected chi connectivity index (χ4v) is 3.56. The van der Waals surface area contributed by atoms with Gasteiger partial charge in [0.2, 0.25) is 0 Å². The van der Waals surface area contributed by atoms with Crippen LogP contribution in [0.25, 0.3) is 22.5 Å². The van der Waals surface area contributed by atoms with Crippen LogP contribution < -0.4 is 4.90 Å². The molecule has 5 heteroatoms. The van der Waals surface area contributed by atoms with Crippen molar-refractivity contribution in [1.82, 2.24) is 9.97 Å². The number of hydrogen-bond acceptors (Lipinski definition) is 4. The first kappa shape index (κ1) is 16.4. The standard InChI is InChI=1S/C23H17N3O2/c27-23(22-25-15-21(28-22)17-4-2-1-3-5-17)26-13-10-19-14-18(6-7-20(19)26)16-8-11-24-12-9-16/h1-9,11-12,14-15H,10,13H2. The van der Waals surface area contributed by atoms with Gasteiger partial charge in [0.15, 0.2) is 5.76 Å². The molecular weight excluding hydrogens is 350 g/mol. The molecule has 0 bridgehead atoms. The smallest absolute Gasteiger partial charge is 0.314 e. The zero-order valence-corrected chi connectivity index (χ0v) is 15.1. The highest BCUT2D eigenvalue weighted by molar-refractivity contribution is 6.04. The van der Waals surface area contributed by atoms with Crippen molar-refractivity contribution in [2.45, 2.75) is 6.42 Å². The van der Waals surface area contributed by atoms with Gasteiger partial charge in [0, 0.05) is 30.2 Å². The van der Waals surface area contributed by atoms with Crippen LogP contribution in [0.15, 0.2) is 83.7 Å². The molecule has 0 atom stereocenters. The minimum absolute atomic E-state index is 0.116. The van der Waals surface area contributed by atoms with Gasteiger partial charge >= 0.3 is 5.91 Å². The molecule has 0 radical (unpaired) electrons. The Labute approximate surface area is 162 Å². The zero-order valence-electron chi connectivity index (χ0n) is 15.1. The highest BCUT2D eigenvalue weighted by Gasteiger charge is 2.29. The molecule has 4 aromatic rings. The van der Waals surface area contributed by atoms with Crippen LogP contribution in [0.4, 0.5) is 5.69 Å². The number of aromatic nitrogens is 2. The zero-order chi connectivity index (χ0) is 18.9. The molecule has 0 spiro atoms. The fraction of sp³-hybridized carbons (Fsp3) is 0.0870. The number of oxazole rings is 1. The molecule has 5 nitrogen and oxygen atoms in total. The molecule has 0 saturated heterocycles. The van der Waals surface area contributed by atoms with E-state index < -0.39 is 0 Å². The Bertz CT molecular complexity index is 1140. The van der Waals surface area contributed by atoms with Crippen molar-refractivity contribution >= 4 is 11.6 Å². The van der Waals surface area contributed by atoms with Crippen LogP contribution in [-0.2, 0) is 6.42 Å². The summed E-state index contributed by atoms with van der Waals surface area (Å²) in [5.41, 5.74) is 5.21. The number of carbonyl (C=O) groups is 1. The Morgan fingerprint density at radius 1 is 0.929 bits per heavy atom. The van der Waals surface area contributed by atoms with E-state index in [1.807, 2.05) is 54.6 Å². The second-order valence-electron chi connectivity index (χ2n) is 6.68. The molecular formula is C23H17N3O2. The number of hydrogen-bond donors (Lipinski definition) is 0. The van der Waals surface area contributed by atoms with Gasteiger partial charge in [0.1, 0.15) is 0 Å². The van der Waals surface area contributed by atoms with Crippen molar-refractivity contribution < 1.29 is 9.21 Å². The highest BCUT2D eigenvalue weighted by atomic mass is 16.4. The number of carbonyl (C=O) groups excluding carboxylic acids is 1. The first-order valence-electron chi connectivity index (χ1n) is 9.16. The maximum atomic E-state index is 13.0. The lowest BCUT2D eigenvalue weighted by Crippen LogP contribution is -2.29. The van der Waals surface area contributed by atoms with E-state index in [2.05, 4.69) is 16.0 Å². The summed E-state index contributed by atoms with van der Waals surface area (Å²) in [7, 11) is 0. The lowest BCUT2D eigenvalue weighted by Gasteiger charge is -2.15. The number of amides is 1. The van der Waals surface area contributed by atoms with Gasteiger partial charge in [0.05, 0.1) is 6.20 Å². The largest absolute Gasteiger partial charge is 0.432 e. The molecule has 3 heterocycles. The van der Waals surface area contributed by atoms with Gasteiger partial charge in [-0.2, -0.15) is 0 Å². The second kappa shape index (κ2) is 6.78. The number of anilines is 1. The molecule has 0 aliphatic carbocycles. The van der Waals surface area contributed by atoms with Crippen LogP contribution in [0, 0.1) is 0 Å². The van der Waals surface area contributed by atoms with Gasteiger partial charge in [-0.05, 0) is 47.4 Å². The van der Waals surface area contributed by atoms with E-state index in [-0.39, 0.29) is 11.8 Å². The summed E-state index contributed by atoms with van der Waals surface area (Å²) in [5, 5.41) is 0. The van der Waals surface area contributed by atoms with Crippen LogP contribution in [0.5, 0.6) is 0 Å². The van der Waals surface area contributed by atoms with Crippen molar-refractivity contribution in [3.8, 4) is 22.5 Å². The topological polar surface area (TPSA) is 59.2 Å². The van der Waals surface area contributed by atoms with E-state index in [4.69, 9.17) is 4.42 Å². The second-order valence-corrected chi connectivity index (χ2v) is 6.68. The molecule has 1 aliphatic rings. The first-order valence-corrected chi connectivity index (χ1v) is 9.16. The van der Waals surface area contributed by atoms with Gasteiger partial charge in [0.25, 0.3) is 5.89 Å². The Kier molecular flexibility index (Phi) is 3.98. The van der Waals surface area contributed by atoms with E-state index in [0.717, 1.165) is 34.4 Å². The molecule has 1 aliphatic heterocycles. The molecule has 28 heavy (non-hydrogen) atoms. The van der Waals surface area contributed by atoms with E-state index in [9.17, 15) is 4.79 Å². The summed E-state index contributed by atoms with van der Waals surface area (Å²) in [6.07, 6.45) is 5.98. The molecule has 0 unspecified atom stereocenters. The van der Waals surface area contributed by atoms with E-state index >= 15 is 0 Å². The number of fused-ring (bicyclic) bond motifs is 1. The van der Waals surface area contributed by atoms with E-state index in [1.165, 1.54) is 0 Å². The lowest BCUT2D eigenvalue weighted by molar-refractivity contribution is 0.0957. The molecule has 2 aromatic heterocycles. The number of rotatable bonds is 3. The van der Waals surface area contributed by atoms with Crippen molar-refractivity contribution in [2.75, 3.05) is 11.4 Å². The van der Waals surface area contributed by atoms with Crippen LogP contribution in [-0.4, -0.2) is 22.4 Å². The Balaban J connectivity index is 1.42. The van der Waals surface area contributed by atoms with Crippen LogP contribution >= 0.6 is 0 Å². The van der Waals surface area contributed by atoms with Crippen LogP contribution in [0.2, 0.25) is 0 Å². The molecule has 136 valence electrons. The predicted molar refractivity (Wildman–Crippen MR) is 107 cm³/mol. The van der Waals surface area contributed by atoms with Gasteiger partial charge in [-0.15, -0.1) is 0 Å². The van der Waals surface area contributed by atoms with Crippen molar-refractivity contribution in [3.63, 3.8) is 0 Å². The SMILES string of the molecule is O=C(c1ncc(-c2ccccc2)o1)N1CCc2cc(-c3ccncc3)ccc21. The van der Waals surface area contributed by atoms with Gasteiger partial charge in [-0.3, -0.25) is 9.78 Å². The van der Waals surface area contributed by atoms with Crippen LogP contribution in [0.1, 0.15) is 16.2 Å². The number of benzene rings is 2. The third kappa shape index (κ3) is 2.87. The lowest BCUT2D eigenvalue weighted by atomic mass is 10.0. The van der Waals surface area contributed by atoms with Crippen molar-refractivity contribution in [3.05, 3.63) is 90.7 Å². The molecule has 0 fully saturated rings. The molecule has 5 rings (SSSR count). The summed E-state index contributed by atoms with van der Waals surface area (Å²) in [5.74, 6) is 0.499. The molecule has 0 N–H and O–H groups in total. The van der Waals surface area contributed by atoms with Crippen molar-refractivity contribution in [2.24, 2.45) is 0 Å². The summed E-state index contributed by atoms with van der Waals surface area (Å²) < 4.78 is 5.74. The average Bonchev–Trinajstić information content (AvgIpc) is 3.42.